The predicted molar refractivity (Wildman–Crippen MR) is 104 cm³/mol. The van der Waals surface area contributed by atoms with Gasteiger partial charge in [-0.3, -0.25) is 19.8 Å². The molecule has 0 unspecified atom stereocenters. The van der Waals surface area contributed by atoms with Gasteiger partial charge < -0.3 is 4.90 Å². The van der Waals surface area contributed by atoms with Gasteiger partial charge >= 0.3 is 6.18 Å². The number of nitrogens with one attached hydrogen (secondary N) is 2. The zero-order valence-electron chi connectivity index (χ0n) is 16.9. The van der Waals surface area contributed by atoms with Crippen LogP contribution in [0.15, 0.2) is 18.3 Å². The molecule has 0 aliphatic carbocycles. The largest absolute Gasteiger partial charge is 0.404 e. The molecule has 31 heavy (non-hydrogen) atoms. The van der Waals surface area contributed by atoms with E-state index in [1.54, 1.807) is 0 Å². The van der Waals surface area contributed by atoms with Crippen LogP contribution in [0.25, 0.3) is 0 Å². The van der Waals surface area contributed by atoms with E-state index in [0.29, 0.717) is 5.69 Å². The minimum absolute atomic E-state index is 0.0247. The molecular formula is C18H23F4N5O3S. The van der Waals surface area contributed by atoms with Crippen molar-refractivity contribution in [1.29, 1.82) is 5.26 Å². The van der Waals surface area contributed by atoms with Gasteiger partial charge in [-0.1, -0.05) is 13.8 Å². The number of sulfonamides is 1. The third-order valence-electron chi connectivity index (χ3n) is 4.59. The molecule has 2 rings (SSSR count). The summed E-state index contributed by atoms with van der Waals surface area (Å²) in [4.78, 5) is 17.7. The van der Waals surface area contributed by atoms with Gasteiger partial charge in [-0.2, -0.15) is 18.4 Å². The molecule has 0 radical (unpaired) electrons. The van der Waals surface area contributed by atoms with Crippen LogP contribution in [-0.2, 0) is 14.8 Å². The van der Waals surface area contributed by atoms with Crippen molar-refractivity contribution in [3.8, 4) is 6.07 Å². The molecule has 2 heterocycles. The Morgan fingerprint density at radius 2 is 2.06 bits per heavy atom. The average Bonchev–Trinajstić information content (AvgIpc) is 3.01. The first-order valence-electron chi connectivity index (χ1n) is 9.41. The number of alkyl halides is 4. The lowest BCUT2D eigenvalue weighted by molar-refractivity contribution is -0.130. The fourth-order valence-corrected chi connectivity index (χ4v) is 4.23. The number of aromatic nitrogens is 1. The zero-order chi connectivity index (χ0) is 23.4. The summed E-state index contributed by atoms with van der Waals surface area (Å²) in [6.07, 6.45) is -5.06. The van der Waals surface area contributed by atoms with E-state index in [4.69, 9.17) is 5.26 Å². The second kappa shape index (κ2) is 9.78. The molecule has 2 N–H and O–H groups in total. The molecule has 3 atom stereocenters. The first-order valence-corrected chi connectivity index (χ1v) is 11.1. The summed E-state index contributed by atoms with van der Waals surface area (Å²) < 4.78 is 75.4. The molecule has 0 saturated carbocycles. The molecule has 8 nitrogen and oxygen atoms in total. The van der Waals surface area contributed by atoms with Crippen molar-refractivity contribution in [3.63, 3.8) is 0 Å². The van der Waals surface area contributed by atoms with E-state index in [-0.39, 0.29) is 31.1 Å². The van der Waals surface area contributed by atoms with Crippen molar-refractivity contribution in [3.05, 3.63) is 24.0 Å². The monoisotopic (exact) mass is 465 g/mol. The van der Waals surface area contributed by atoms with Gasteiger partial charge in [0.15, 0.2) is 5.75 Å². The highest BCUT2D eigenvalue weighted by Gasteiger charge is 2.36. The van der Waals surface area contributed by atoms with Crippen LogP contribution < -0.4 is 10.0 Å². The molecule has 1 amide bonds. The lowest BCUT2D eigenvalue weighted by Crippen LogP contribution is -2.42. The second-order valence-corrected chi connectivity index (χ2v) is 9.30. The van der Waals surface area contributed by atoms with Gasteiger partial charge in [-0.15, -0.1) is 0 Å². The molecule has 0 bridgehead atoms. The number of nitriles is 1. The first-order chi connectivity index (χ1) is 14.3. The van der Waals surface area contributed by atoms with Crippen LogP contribution in [0, 0.1) is 17.2 Å². The van der Waals surface area contributed by atoms with E-state index in [0.717, 1.165) is 6.20 Å². The maximum atomic E-state index is 13.5. The maximum absolute atomic E-state index is 13.5. The van der Waals surface area contributed by atoms with Crippen LogP contribution in [-0.4, -0.2) is 61.4 Å². The summed E-state index contributed by atoms with van der Waals surface area (Å²) in [6.45, 7) is 3.37. The number of amides is 1. The minimum atomic E-state index is -4.87. The lowest BCUT2D eigenvalue weighted by Gasteiger charge is -2.25. The number of nitrogens with zero attached hydrogens (tertiary/aromatic N) is 3. The SMILES string of the molecule is CC(C)[C@H](NCC(=O)N1C[C@@H](F)C[C@H]1C#N)c1ccc(NS(=O)(=O)CC(F)(F)F)cn1. The Hall–Kier alpha value is -2.46. The quantitative estimate of drug-likeness (QED) is 0.569. The Morgan fingerprint density at radius 3 is 2.58 bits per heavy atom. The van der Waals surface area contributed by atoms with Gasteiger partial charge in [-0.05, 0) is 18.1 Å². The standard InChI is InChI=1S/C18H23F4N5O3S/c1-11(2)17(25-8-16(28)27-9-12(19)5-14(27)6-23)15-4-3-13(7-24-15)26-31(29,30)10-18(20,21)22/h3-4,7,11-12,14,17,25-26H,5,8-10H2,1-2H3/t12-,14-,17-/m0/s1. The van der Waals surface area contributed by atoms with Gasteiger partial charge in [-0.25, -0.2) is 12.8 Å². The van der Waals surface area contributed by atoms with E-state index < -0.39 is 46.1 Å². The number of halogens is 4. The Labute approximate surface area is 177 Å². The van der Waals surface area contributed by atoms with E-state index in [1.165, 1.54) is 17.0 Å². The molecule has 1 aliphatic rings. The normalized spacial score (nSPS) is 20.5. The van der Waals surface area contributed by atoms with Gasteiger partial charge in [0.2, 0.25) is 15.9 Å². The fraction of sp³-hybridized carbons (Fsp3) is 0.611. The summed E-state index contributed by atoms with van der Waals surface area (Å²) >= 11 is 0. The third-order valence-corrected chi connectivity index (χ3v) is 5.85. The molecule has 1 aromatic heterocycles. The number of carbonyl (C=O) groups excluding carboxylic acids is 1. The molecule has 1 aliphatic heterocycles. The number of pyridine rings is 1. The highest BCUT2D eigenvalue weighted by atomic mass is 32.2. The maximum Gasteiger partial charge on any atom is 0.404 e. The van der Waals surface area contributed by atoms with Crippen molar-refractivity contribution < 1.29 is 30.8 Å². The number of likely N-dealkylation sites (tertiary alicyclic amines) is 1. The summed E-state index contributed by atoms with van der Waals surface area (Å²) in [5.74, 6) is -2.51. The van der Waals surface area contributed by atoms with Crippen molar-refractivity contribution in [2.24, 2.45) is 5.92 Å². The van der Waals surface area contributed by atoms with E-state index >= 15 is 0 Å². The summed E-state index contributed by atoms with van der Waals surface area (Å²) in [5, 5.41) is 12.1. The minimum Gasteiger partial charge on any atom is -0.323 e. The number of hydrogen-bond donors (Lipinski definition) is 2. The van der Waals surface area contributed by atoms with Crippen molar-refractivity contribution in [2.45, 2.75) is 44.7 Å². The molecule has 1 saturated heterocycles. The van der Waals surface area contributed by atoms with Crippen LogP contribution in [0.2, 0.25) is 0 Å². The molecule has 13 heteroatoms. The van der Waals surface area contributed by atoms with Crippen LogP contribution >= 0.6 is 0 Å². The van der Waals surface area contributed by atoms with E-state index in [2.05, 4.69) is 10.3 Å². The van der Waals surface area contributed by atoms with Gasteiger partial charge in [0.25, 0.3) is 0 Å². The molecular weight excluding hydrogens is 442 g/mol. The Morgan fingerprint density at radius 1 is 1.39 bits per heavy atom. The Kier molecular flexibility index (Phi) is 7.82. The average molecular weight is 465 g/mol. The van der Waals surface area contributed by atoms with Gasteiger partial charge in [0.05, 0.1) is 42.8 Å². The van der Waals surface area contributed by atoms with Crippen LogP contribution in [0.5, 0.6) is 0 Å². The fourth-order valence-electron chi connectivity index (χ4n) is 3.24. The summed E-state index contributed by atoms with van der Waals surface area (Å²) in [5.41, 5.74) is 0.303. The first kappa shape index (κ1) is 24.8. The van der Waals surface area contributed by atoms with Gasteiger partial charge in [0.1, 0.15) is 12.2 Å². The highest BCUT2D eigenvalue weighted by Crippen LogP contribution is 2.24. The lowest BCUT2D eigenvalue weighted by atomic mass is 10.00. The van der Waals surface area contributed by atoms with Crippen molar-refractivity contribution in [2.75, 3.05) is 23.6 Å². The third kappa shape index (κ3) is 7.32. The van der Waals surface area contributed by atoms with Crippen LogP contribution in [0.4, 0.5) is 23.2 Å². The van der Waals surface area contributed by atoms with Crippen molar-refractivity contribution in [1.82, 2.24) is 15.2 Å². The van der Waals surface area contributed by atoms with Crippen LogP contribution in [0.1, 0.15) is 32.0 Å². The number of carbonyl (C=O) groups is 1. The van der Waals surface area contributed by atoms with E-state index in [1.807, 2.05) is 24.6 Å². The number of anilines is 1. The molecule has 0 aromatic carbocycles. The second-order valence-electron chi connectivity index (χ2n) is 7.57. The summed E-state index contributed by atoms with van der Waals surface area (Å²) in [7, 11) is -4.62. The molecule has 1 aromatic rings. The topological polar surface area (TPSA) is 115 Å². The van der Waals surface area contributed by atoms with Crippen LogP contribution in [0.3, 0.4) is 0 Å². The van der Waals surface area contributed by atoms with E-state index in [9.17, 15) is 30.8 Å². The molecule has 0 spiro atoms. The highest BCUT2D eigenvalue weighted by molar-refractivity contribution is 7.92. The van der Waals surface area contributed by atoms with Crippen molar-refractivity contribution >= 4 is 21.6 Å². The summed E-state index contributed by atoms with van der Waals surface area (Å²) in [6, 6.07) is 3.34. The smallest absolute Gasteiger partial charge is 0.323 e. The predicted octanol–water partition coefficient (Wildman–Crippen LogP) is 2.13. The zero-order valence-corrected chi connectivity index (χ0v) is 17.7. The number of rotatable bonds is 8. The van der Waals surface area contributed by atoms with Gasteiger partial charge in [0, 0.05) is 6.42 Å². The Bertz CT molecular complexity index is 916. The molecule has 1 fully saturated rings. The Balaban J connectivity index is 2.03. The molecule has 172 valence electrons. The number of hydrogen-bond acceptors (Lipinski definition) is 6.